The highest BCUT2D eigenvalue weighted by molar-refractivity contribution is 7.89. The fraction of sp³-hybridized carbons (Fsp3) is 0.433. The topological polar surface area (TPSA) is 123 Å². The number of ether oxygens (including phenoxy) is 1. The van der Waals surface area contributed by atoms with Gasteiger partial charge in [-0.05, 0) is 55.3 Å². The van der Waals surface area contributed by atoms with E-state index in [1.54, 1.807) is 25.3 Å². The van der Waals surface area contributed by atoms with Gasteiger partial charge in [-0.15, -0.1) is 0 Å². The summed E-state index contributed by atoms with van der Waals surface area (Å²) in [5.41, 5.74) is 3.38. The van der Waals surface area contributed by atoms with Crippen molar-refractivity contribution in [1.82, 2.24) is 29.0 Å². The molecule has 12 nitrogen and oxygen atoms in total. The van der Waals surface area contributed by atoms with E-state index in [2.05, 4.69) is 37.4 Å². The Morgan fingerprint density at radius 1 is 1.00 bits per heavy atom. The number of aromatic nitrogens is 2. The predicted molar refractivity (Wildman–Crippen MR) is 172 cm³/mol. The number of anilines is 4. The smallest absolute Gasteiger partial charge is 0.244 e. The molecule has 1 aromatic heterocycles. The number of benzene rings is 2. The van der Waals surface area contributed by atoms with Gasteiger partial charge in [0.1, 0.15) is 15.7 Å². The molecule has 0 bridgehead atoms. The van der Waals surface area contributed by atoms with Gasteiger partial charge in [0.25, 0.3) is 0 Å². The van der Waals surface area contributed by atoms with Crippen LogP contribution in [0.5, 0.6) is 5.75 Å². The molecule has 0 saturated carbocycles. The van der Waals surface area contributed by atoms with Gasteiger partial charge >= 0.3 is 0 Å². The summed E-state index contributed by atoms with van der Waals surface area (Å²) in [5, 5.41) is 6.54. The zero-order valence-electron chi connectivity index (χ0n) is 25.5. The lowest BCUT2D eigenvalue weighted by Crippen LogP contribution is -2.50. The second-order valence-electron chi connectivity index (χ2n) is 11.2. The Hall–Kier alpha value is -3.49. The first-order valence-electron chi connectivity index (χ1n) is 14.5. The summed E-state index contributed by atoms with van der Waals surface area (Å²) in [4.78, 5) is 28.4. The van der Waals surface area contributed by atoms with Crippen LogP contribution in [-0.2, 0) is 27.7 Å². The second kappa shape index (κ2) is 13.7. The van der Waals surface area contributed by atoms with Crippen molar-refractivity contribution in [1.29, 1.82) is 0 Å². The summed E-state index contributed by atoms with van der Waals surface area (Å²) in [5.74, 6) is 1.34. The third-order valence-electron chi connectivity index (χ3n) is 8.02. The van der Waals surface area contributed by atoms with Crippen molar-refractivity contribution in [2.45, 2.75) is 17.7 Å². The number of piperazine rings is 1. The van der Waals surface area contributed by atoms with Crippen molar-refractivity contribution in [3.8, 4) is 5.75 Å². The van der Waals surface area contributed by atoms with Crippen molar-refractivity contribution >= 4 is 50.7 Å². The Morgan fingerprint density at radius 2 is 1.68 bits per heavy atom. The maximum Gasteiger partial charge on any atom is 0.244 e. The summed E-state index contributed by atoms with van der Waals surface area (Å²) in [7, 11) is 2.94. The molecule has 0 radical (unpaired) electrons. The summed E-state index contributed by atoms with van der Waals surface area (Å²) in [6.07, 6.45) is 3.05. The quantitative estimate of drug-likeness (QED) is 0.360. The van der Waals surface area contributed by atoms with Crippen LogP contribution >= 0.6 is 11.6 Å². The Kier molecular flexibility index (Phi) is 9.90. The highest BCUT2D eigenvalue weighted by Gasteiger charge is 2.24. The molecule has 1 saturated heterocycles. The highest BCUT2D eigenvalue weighted by atomic mass is 35.5. The molecule has 3 heterocycles. The molecule has 2 aliphatic rings. The molecule has 5 rings (SSSR count). The van der Waals surface area contributed by atoms with E-state index in [0.717, 1.165) is 62.0 Å². The van der Waals surface area contributed by atoms with Crippen LogP contribution in [0.25, 0.3) is 0 Å². The van der Waals surface area contributed by atoms with E-state index in [1.807, 2.05) is 17.0 Å². The summed E-state index contributed by atoms with van der Waals surface area (Å²) in [6.45, 7) is 5.37. The van der Waals surface area contributed by atoms with E-state index in [1.165, 1.54) is 31.9 Å². The zero-order valence-corrected chi connectivity index (χ0v) is 27.1. The van der Waals surface area contributed by atoms with Crippen LogP contribution in [-0.4, -0.2) is 117 Å². The molecular weight excluding hydrogens is 604 g/mol. The van der Waals surface area contributed by atoms with Crippen molar-refractivity contribution in [2.24, 2.45) is 0 Å². The van der Waals surface area contributed by atoms with Crippen LogP contribution in [0.3, 0.4) is 0 Å². The lowest BCUT2D eigenvalue weighted by atomic mass is 10.0. The van der Waals surface area contributed by atoms with Crippen molar-refractivity contribution in [3.63, 3.8) is 0 Å². The molecule has 44 heavy (non-hydrogen) atoms. The van der Waals surface area contributed by atoms with Crippen LogP contribution in [0.1, 0.15) is 11.1 Å². The maximum absolute atomic E-state index is 13.0. The Labute approximate surface area is 264 Å². The molecule has 2 aromatic carbocycles. The van der Waals surface area contributed by atoms with Gasteiger partial charge in [-0.2, -0.15) is 4.98 Å². The number of para-hydroxylation sites is 1. The summed E-state index contributed by atoms with van der Waals surface area (Å²) >= 11 is 6.42. The van der Waals surface area contributed by atoms with Gasteiger partial charge < -0.3 is 25.2 Å². The third kappa shape index (κ3) is 7.24. The fourth-order valence-electron chi connectivity index (χ4n) is 5.33. The number of amides is 1. The number of hydrogen-bond acceptors (Lipinski definition) is 10. The Bertz CT molecular complexity index is 1610. The number of likely N-dealkylation sites (N-methyl/N-ethyl adjacent to an activating group) is 1. The van der Waals surface area contributed by atoms with E-state index in [4.69, 9.17) is 16.3 Å². The Balaban J connectivity index is 1.31. The fourth-order valence-corrected chi connectivity index (χ4v) is 6.51. The largest absolute Gasteiger partial charge is 0.495 e. The standard InChI is InChI=1S/C30H39ClN8O4S/c1-36(2)44(41,42)27-8-6-5-7-24(27)33-29-23(31)19-32-30(35-29)34-25-17-21-9-11-38(12-10-22(21)18-26(25)43-4)20-28(40)39-15-13-37(3)14-16-39/h5-8,17-19H,9-16,20H2,1-4H3,(H2,32,33,34,35). The van der Waals surface area contributed by atoms with Gasteiger partial charge in [0, 0.05) is 53.4 Å². The molecular formula is C30H39ClN8O4S. The van der Waals surface area contributed by atoms with Crippen LogP contribution in [0.4, 0.5) is 23.1 Å². The molecule has 2 aliphatic heterocycles. The number of carbonyl (C=O) groups excluding carboxylic acids is 1. The van der Waals surface area contributed by atoms with Gasteiger partial charge in [-0.1, -0.05) is 23.7 Å². The van der Waals surface area contributed by atoms with Gasteiger partial charge in [0.15, 0.2) is 5.82 Å². The minimum absolute atomic E-state index is 0.0980. The number of nitrogens with one attached hydrogen (secondary N) is 2. The molecule has 1 amide bonds. The first-order valence-corrected chi connectivity index (χ1v) is 16.3. The van der Waals surface area contributed by atoms with Gasteiger partial charge in [-0.3, -0.25) is 9.69 Å². The van der Waals surface area contributed by atoms with Crippen molar-refractivity contribution in [2.75, 3.05) is 84.7 Å². The molecule has 3 aromatic rings. The average molecular weight is 643 g/mol. The molecule has 236 valence electrons. The van der Waals surface area contributed by atoms with E-state index in [9.17, 15) is 13.2 Å². The van der Waals surface area contributed by atoms with Crippen LogP contribution < -0.4 is 15.4 Å². The van der Waals surface area contributed by atoms with Gasteiger partial charge in [0.2, 0.25) is 21.9 Å². The minimum atomic E-state index is -3.71. The second-order valence-corrected chi connectivity index (χ2v) is 13.7. The number of sulfonamides is 1. The number of methoxy groups -OCH3 is 1. The lowest BCUT2D eigenvalue weighted by Gasteiger charge is -2.33. The molecule has 1 fully saturated rings. The maximum atomic E-state index is 13.0. The van der Waals surface area contributed by atoms with E-state index >= 15 is 0 Å². The number of carbonyl (C=O) groups is 1. The van der Waals surface area contributed by atoms with Crippen LogP contribution in [0.2, 0.25) is 5.02 Å². The van der Waals surface area contributed by atoms with Crippen molar-refractivity contribution in [3.05, 3.63) is 58.7 Å². The van der Waals surface area contributed by atoms with Crippen LogP contribution in [0, 0.1) is 0 Å². The number of nitrogens with zero attached hydrogens (tertiary/aromatic N) is 6. The number of fused-ring (bicyclic) bond motifs is 1. The zero-order chi connectivity index (χ0) is 31.4. The normalized spacial score (nSPS) is 16.4. The minimum Gasteiger partial charge on any atom is -0.495 e. The van der Waals surface area contributed by atoms with Crippen LogP contribution in [0.15, 0.2) is 47.5 Å². The SMILES string of the molecule is COc1cc2c(cc1Nc1ncc(Cl)c(Nc3ccccc3S(=O)(=O)N(C)C)n1)CCN(CC(=O)N1CCN(C)CC1)CC2. The molecule has 0 spiro atoms. The molecule has 0 unspecified atom stereocenters. The average Bonchev–Trinajstić information content (AvgIpc) is 3.20. The highest BCUT2D eigenvalue weighted by Crippen LogP contribution is 2.34. The number of rotatable bonds is 9. The number of halogens is 1. The van der Waals surface area contributed by atoms with E-state index in [-0.39, 0.29) is 27.6 Å². The van der Waals surface area contributed by atoms with Crippen molar-refractivity contribution < 1.29 is 17.9 Å². The third-order valence-corrected chi connectivity index (χ3v) is 10.2. The molecule has 0 atom stereocenters. The van der Waals surface area contributed by atoms with E-state index in [0.29, 0.717) is 23.7 Å². The molecule has 14 heteroatoms. The lowest BCUT2D eigenvalue weighted by molar-refractivity contribution is -0.134. The van der Waals surface area contributed by atoms with Gasteiger partial charge in [0.05, 0.1) is 31.2 Å². The monoisotopic (exact) mass is 642 g/mol. The molecule has 2 N–H and O–H groups in total. The first kappa shape index (κ1) is 31.9. The molecule has 0 aliphatic carbocycles. The van der Waals surface area contributed by atoms with E-state index < -0.39 is 10.0 Å². The summed E-state index contributed by atoms with van der Waals surface area (Å²) < 4.78 is 32.6. The summed E-state index contributed by atoms with van der Waals surface area (Å²) in [6, 6.07) is 10.6. The number of hydrogen-bond donors (Lipinski definition) is 2. The first-order chi connectivity index (χ1) is 21.0. The van der Waals surface area contributed by atoms with Gasteiger partial charge in [-0.25, -0.2) is 17.7 Å². The Morgan fingerprint density at radius 3 is 2.36 bits per heavy atom. The predicted octanol–water partition coefficient (Wildman–Crippen LogP) is 3.05.